The molecule has 43 heavy (non-hydrogen) atoms. The van der Waals surface area contributed by atoms with Crippen molar-refractivity contribution >= 4 is 44.3 Å². The van der Waals surface area contributed by atoms with E-state index < -0.39 is 11.9 Å². The van der Waals surface area contributed by atoms with Gasteiger partial charge in [-0.1, -0.05) is 131 Å². The van der Waals surface area contributed by atoms with Crippen LogP contribution in [0.1, 0.15) is 103 Å². The first kappa shape index (κ1) is 34.0. The highest BCUT2D eigenvalue weighted by Gasteiger charge is 2.06. The number of aryl methyl sites for hydroxylation is 1. The molecule has 0 fully saturated rings. The molecule has 230 valence electrons. The van der Waals surface area contributed by atoms with E-state index in [-0.39, 0.29) is 6.10 Å². The molecule has 0 bridgehead atoms. The first-order chi connectivity index (χ1) is 20.9. The molecule has 4 aromatic carbocycles. The number of esters is 2. The Hall–Kier alpha value is -3.50. The topological polar surface area (TPSA) is 63.6 Å². The molecule has 0 spiro atoms. The molecule has 0 radical (unpaired) electrons. The summed E-state index contributed by atoms with van der Waals surface area (Å²) in [6, 6.07) is 24.1. The highest BCUT2D eigenvalue weighted by Crippen LogP contribution is 2.32. The SMILES string of the molecule is CCCCCC[C@@H](O)C/C=C\CCCCCCCC(=O)OC(C)=O.Cc1cccc2c1ccc1c3ccccc3ccc21. The van der Waals surface area contributed by atoms with Gasteiger partial charge in [-0.2, -0.15) is 0 Å². The maximum Gasteiger partial charge on any atom is 0.313 e. The number of aliphatic hydroxyl groups excluding tert-OH is 1. The van der Waals surface area contributed by atoms with Gasteiger partial charge in [-0.25, -0.2) is 0 Å². The average Bonchev–Trinajstić information content (AvgIpc) is 3.00. The number of fused-ring (bicyclic) bond motifs is 5. The summed E-state index contributed by atoms with van der Waals surface area (Å²) in [5, 5.41) is 17.9. The van der Waals surface area contributed by atoms with E-state index in [1.54, 1.807) is 0 Å². The minimum absolute atomic E-state index is 0.187. The molecule has 4 nitrogen and oxygen atoms in total. The van der Waals surface area contributed by atoms with Crippen LogP contribution in [0.5, 0.6) is 0 Å². The maximum atomic E-state index is 11.1. The Kier molecular flexibility index (Phi) is 15.0. The molecule has 4 heteroatoms. The number of allylic oxidation sites excluding steroid dienone is 1. The van der Waals surface area contributed by atoms with Crippen LogP contribution in [0, 0.1) is 6.92 Å². The number of rotatable bonds is 15. The number of benzene rings is 4. The fourth-order valence-corrected chi connectivity index (χ4v) is 5.58. The van der Waals surface area contributed by atoms with Crippen LogP contribution in [-0.4, -0.2) is 23.1 Å². The normalized spacial score (nSPS) is 12.0. The standard InChI is InChI=1S/C20H36O4.C19H14/c1-3-4-5-12-15-19(22)16-13-10-8-6-7-9-11-14-17-20(23)24-18(2)21;1-13-5-4-8-17-15(13)11-12-18-16-7-3-2-6-14(16)9-10-19(17)18/h10,13,19,22H,3-9,11-12,14-17H2,1-2H3;2-12H,1H3/b13-10-;/t19-;/m1./s1. The Bertz CT molecular complexity index is 1470. The molecule has 0 aliphatic rings. The van der Waals surface area contributed by atoms with Crippen LogP contribution in [-0.2, 0) is 14.3 Å². The van der Waals surface area contributed by atoms with E-state index in [1.165, 1.54) is 64.1 Å². The fraction of sp³-hybridized carbons (Fsp3) is 0.436. The lowest BCUT2D eigenvalue weighted by molar-refractivity contribution is -0.158. The van der Waals surface area contributed by atoms with Gasteiger partial charge in [-0.15, -0.1) is 0 Å². The van der Waals surface area contributed by atoms with Gasteiger partial charge in [0.1, 0.15) is 0 Å². The molecule has 4 rings (SSSR count). The van der Waals surface area contributed by atoms with Crippen LogP contribution in [0.15, 0.2) is 78.9 Å². The van der Waals surface area contributed by atoms with Crippen LogP contribution in [0.2, 0.25) is 0 Å². The number of carbonyl (C=O) groups excluding carboxylic acids is 2. The van der Waals surface area contributed by atoms with Gasteiger partial charge < -0.3 is 9.84 Å². The third kappa shape index (κ3) is 11.6. The van der Waals surface area contributed by atoms with Crippen molar-refractivity contribution in [3.8, 4) is 0 Å². The van der Waals surface area contributed by atoms with E-state index in [1.807, 2.05) is 0 Å². The predicted molar refractivity (Wildman–Crippen MR) is 181 cm³/mol. The van der Waals surface area contributed by atoms with Crippen molar-refractivity contribution in [2.75, 3.05) is 0 Å². The second kappa shape index (κ2) is 18.9. The summed E-state index contributed by atoms with van der Waals surface area (Å²) in [5.41, 5.74) is 1.34. The van der Waals surface area contributed by atoms with Crippen LogP contribution in [0.4, 0.5) is 0 Å². The van der Waals surface area contributed by atoms with Crippen LogP contribution in [0.25, 0.3) is 32.3 Å². The minimum atomic E-state index is -0.530. The van der Waals surface area contributed by atoms with E-state index in [4.69, 9.17) is 0 Å². The summed E-state index contributed by atoms with van der Waals surface area (Å²) in [5.74, 6) is -0.948. The highest BCUT2D eigenvalue weighted by molar-refractivity contribution is 6.17. The summed E-state index contributed by atoms with van der Waals surface area (Å²) in [7, 11) is 0. The molecular weight excluding hydrogens is 532 g/mol. The number of carbonyl (C=O) groups is 2. The minimum Gasteiger partial charge on any atom is -0.393 e. The molecule has 0 unspecified atom stereocenters. The Morgan fingerprint density at radius 3 is 2.19 bits per heavy atom. The van der Waals surface area contributed by atoms with Crippen LogP contribution >= 0.6 is 0 Å². The van der Waals surface area contributed by atoms with Crippen molar-refractivity contribution < 1.29 is 19.4 Å². The molecular formula is C39H50O4. The van der Waals surface area contributed by atoms with E-state index in [0.29, 0.717) is 6.42 Å². The van der Waals surface area contributed by atoms with Crippen molar-refractivity contribution in [3.63, 3.8) is 0 Å². The number of hydrogen-bond acceptors (Lipinski definition) is 4. The van der Waals surface area contributed by atoms with E-state index in [0.717, 1.165) is 57.8 Å². The Balaban J connectivity index is 0.000000239. The van der Waals surface area contributed by atoms with Gasteiger partial charge in [-0.3, -0.25) is 9.59 Å². The Morgan fingerprint density at radius 1 is 0.721 bits per heavy atom. The molecule has 0 aliphatic heterocycles. The fourth-order valence-electron chi connectivity index (χ4n) is 5.58. The second-order valence-electron chi connectivity index (χ2n) is 11.6. The van der Waals surface area contributed by atoms with Crippen molar-refractivity contribution in [1.29, 1.82) is 0 Å². The van der Waals surface area contributed by atoms with Gasteiger partial charge in [0.15, 0.2) is 0 Å². The highest BCUT2D eigenvalue weighted by atomic mass is 16.6. The van der Waals surface area contributed by atoms with E-state index >= 15 is 0 Å². The zero-order chi connectivity index (χ0) is 30.9. The van der Waals surface area contributed by atoms with Crippen molar-refractivity contribution in [2.24, 2.45) is 0 Å². The maximum absolute atomic E-state index is 11.1. The lowest BCUT2D eigenvalue weighted by atomic mass is 9.95. The third-order valence-electron chi connectivity index (χ3n) is 7.98. The van der Waals surface area contributed by atoms with Gasteiger partial charge in [-0.05, 0) is 76.9 Å². The van der Waals surface area contributed by atoms with Crippen molar-refractivity contribution in [3.05, 3.63) is 84.4 Å². The molecule has 1 atom stereocenters. The zero-order valence-corrected chi connectivity index (χ0v) is 26.4. The molecule has 4 aromatic rings. The zero-order valence-electron chi connectivity index (χ0n) is 26.4. The Labute approximate surface area is 258 Å². The van der Waals surface area contributed by atoms with E-state index in [9.17, 15) is 14.7 Å². The van der Waals surface area contributed by atoms with Crippen LogP contribution in [0.3, 0.4) is 0 Å². The van der Waals surface area contributed by atoms with Crippen LogP contribution < -0.4 is 0 Å². The second-order valence-corrected chi connectivity index (χ2v) is 11.6. The third-order valence-corrected chi connectivity index (χ3v) is 7.98. The summed E-state index contributed by atoms with van der Waals surface area (Å²) in [4.78, 5) is 21.7. The molecule has 0 saturated heterocycles. The van der Waals surface area contributed by atoms with Gasteiger partial charge in [0.2, 0.25) is 0 Å². The Morgan fingerprint density at radius 2 is 1.37 bits per heavy atom. The molecule has 0 aliphatic carbocycles. The smallest absolute Gasteiger partial charge is 0.313 e. The molecule has 0 aromatic heterocycles. The van der Waals surface area contributed by atoms with Gasteiger partial charge in [0.05, 0.1) is 6.10 Å². The number of ether oxygens (including phenoxy) is 1. The largest absolute Gasteiger partial charge is 0.393 e. The van der Waals surface area contributed by atoms with Gasteiger partial charge in [0, 0.05) is 13.3 Å². The number of aliphatic hydroxyl groups is 1. The predicted octanol–water partition coefficient (Wildman–Crippen LogP) is 10.5. The number of hydrogen-bond donors (Lipinski definition) is 1. The summed E-state index contributed by atoms with van der Waals surface area (Å²) >= 11 is 0. The lowest BCUT2D eigenvalue weighted by Crippen LogP contribution is -2.08. The van der Waals surface area contributed by atoms with E-state index in [2.05, 4.69) is 97.5 Å². The molecule has 0 heterocycles. The monoisotopic (exact) mass is 582 g/mol. The van der Waals surface area contributed by atoms with Crippen molar-refractivity contribution in [1.82, 2.24) is 0 Å². The molecule has 1 N–H and O–H groups in total. The number of unbranched alkanes of at least 4 members (excludes halogenated alkanes) is 8. The van der Waals surface area contributed by atoms with Gasteiger partial charge >= 0.3 is 11.9 Å². The van der Waals surface area contributed by atoms with Crippen molar-refractivity contribution in [2.45, 2.75) is 110 Å². The lowest BCUT2D eigenvalue weighted by Gasteiger charge is -2.08. The average molecular weight is 583 g/mol. The molecule has 0 saturated carbocycles. The molecule has 0 amide bonds. The first-order valence-corrected chi connectivity index (χ1v) is 16.2. The summed E-state index contributed by atoms with van der Waals surface area (Å²) < 4.78 is 4.47. The summed E-state index contributed by atoms with van der Waals surface area (Å²) in [6.45, 7) is 5.62. The summed E-state index contributed by atoms with van der Waals surface area (Å²) in [6.07, 6.45) is 17.2. The quantitative estimate of drug-likeness (QED) is 0.0498. The van der Waals surface area contributed by atoms with Gasteiger partial charge in [0.25, 0.3) is 0 Å². The first-order valence-electron chi connectivity index (χ1n) is 16.2.